The Kier molecular flexibility index (Phi) is 5.29. The van der Waals surface area contributed by atoms with Crippen LogP contribution in [0, 0.1) is 0 Å². The molecule has 1 amide bonds. The van der Waals surface area contributed by atoms with Gasteiger partial charge < -0.3 is 4.90 Å². The molecule has 2 rings (SSSR count). The molecule has 0 radical (unpaired) electrons. The molecule has 1 aromatic carbocycles. The van der Waals surface area contributed by atoms with Gasteiger partial charge in [-0.1, -0.05) is 30.3 Å². The first-order valence-electron chi connectivity index (χ1n) is 6.84. The van der Waals surface area contributed by atoms with Gasteiger partial charge in [0.1, 0.15) is 0 Å². The molecular formula is C14H20N2O3S2. The Morgan fingerprint density at radius 1 is 1.19 bits per heavy atom. The van der Waals surface area contributed by atoms with Gasteiger partial charge in [0.05, 0.1) is 11.5 Å². The highest BCUT2D eigenvalue weighted by atomic mass is 32.2. The summed E-state index contributed by atoms with van der Waals surface area (Å²) in [5, 5.41) is -0.391. The van der Waals surface area contributed by atoms with Gasteiger partial charge in [-0.05, 0) is 12.0 Å². The standard InChI is InChI=1S/C14H20N2O3S2/c1-21(18,19)16-9-7-15(8-10-16)14(17)13(20)11-12-5-3-2-4-6-12/h2-6,13,20H,7-11H2,1H3. The highest BCUT2D eigenvalue weighted by Crippen LogP contribution is 2.13. The molecule has 116 valence electrons. The summed E-state index contributed by atoms with van der Waals surface area (Å²) in [6.45, 7) is 1.57. The molecule has 21 heavy (non-hydrogen) atoms. The molecule has 1 aliphatic rings. The third kappa shape index (κ3) is 4.46. The van der Waals surface area contributed by atoms with Gasteiger partial charge in [-0.3, -0.25) is 4.79 Å². The number of amides is 1. The number of carbonyl (C=O) groups excluding carboxylic acids is 1. The SMILES string of the molecule is CS(=O)(=O)N1CCN(C(=O)C(S)Cc2ccccc2)CC1. The van der Waals surface area contributed by atoms with Gasteiger partial charge in [-0.2, -0.15) is 16.9 Å². The van der Waals surface area contributed by atoms with Gasteiger partial charge in [0.15, 0.2) is 0 Å². The number of benzene rings is 1. The van der Waals surface area contributed by atoms with Crippen molar-refractivity contribution in [3.63, 3.8) is 0 Å². The lowest BCUT2D eigenvalue weighted by Gasteiger charge is -2.34. The molecule has 1 aliphatic heterocycles. The Balaban J connectivity index is 1.90. The Labute approximate surface area is 131 Å². The van der Waals surface area contributed by atoms with E-state index in [1.807, 2.05) is 30.3 Å². The van der Waals surface area contributed by atoms with Crippen LogP contribution >= 0.6 is 12.6 Å². The van der Waals surface area contributed by atoms with Crippen LogP contribution in [-0.2, 0) is 21.2 Å². The Morgan fingerprint density at radius 2 is 1.76 bits per heavy atom. The number of hydrogen-bond acceptors (Lipinski definition) is 4. The first-order valence-corrected chi connectivity index (χ1v) is 9.20. The number of carbonyl (C=O) groups is 1. The van der Waals surface area contributed by atoms with Crippen molar-refractivity contribution in [2.45, 2.75) is 11.7 Å². The number of rotatable bonds is 4. The maximum absolute atomic E-state index is 12.3. The van der Waals surface area contributed by atoms with E-state index in [0.717, 1.165) is 5.56 Å². The third-order valence-electron chi connectivity index (χ3n) is 3.58. The van der Waals surface area contributed by atoms with Crippen LogP contribution in [0.5, 0.6) is 0 Å². The first kappa shape index (κ1) is 16.3. The Bertz CT molecular complexity index is 581. The zero-order chi connectivity index (χ0) is 15.5. The van der Waals surface area contributed by atoms with E-state index >= 15 is 0 Å². The summed E-state index contributed by atoms with van der Waals surface area (Å²) in [6.07, 6.45) is 1.77. The molecule has 0 saturated carbocycles. The summed E-state index contributed by atoms with van der Waals surface area (Å²) in [6, 6.07) is 9.75. The number of nitrogens with zero attached hydrogens (tertiary/aromatic N) is 2. The molecule has 1 fully saturated rings. The van der Waals surface area contributed by atoms with E-state index in [0.29, 0.717) is 32.6 Å². The lowest BCUT2D eigenvalue weighted by atomic mass is 10.1. The Hall–Kier alpha value is -1.05. The molecule has 0 spiro atoms. The van der Waals surface area contributed by atoms with E-state index in [9.17, 15) is 13.2 Å². The second-order valence-electron chi connectivity index (χ2n) is 5.19. The van der Waals surface area contributed by atoms with Crippen LogP contribution in [0.4, 0.5) is 0 Å². The van der Waals surface area contributed by atoms with Crippen molar-refractivity contribution in [1.82, 2.24) is 9.21 Å². The van der Waals surface area contributed by atoms with Gasteiger partial charge in [0.25, 0.3) is 0 Å². The fourth-order valence-corrected chi connectivity index (χ4v) is 3.58. The van der Waals surface area contributed by atoms with Crippen LogP contribution in [0.2, 0.25) is 0 Å². The summed E-state index contributed by atoms with van der Waals surface area (Å²) in [5.74, 6) is -0.0321. The number of piperazine rings is 1. The quantitative estimate of drug-likeness (QED) is 0.825. The summed E-state index contributed by atoms with van der Waals surface area (Å²) in [7, 11) is -3.17. The minimum absolute atomic E-state index is 0.0321. The molecule has 5 nitrogen and oxygen atoms in total. The second-order valence-corrected chi connectivity index (χ2v) is 7.80. The molecule has 0 aromatic heterocycles. The molecule has 7 heteroatoms. The maximum atomic E-state index is 12.3. The van der Waals surface area contributed by atoms with Crippen LogP contribution in [0.25, 0.3) is 0 Å². The minimum Gasteiger partial charge on any atom is -0.339 e. The lowest BCUT2D eigenvalue weighted by molar-refractivity contribution is -0.131. The largest absolute Gasteiger partial charge is 0.339 e. The van der Waals surface area contributed by atoms with E-state index in [1.54, 1.807) is 4.90 Å². The normalized spacial score (nSPS) is 18.5. The molecular weight excluding hydrogens is 308 g/mol. The van der Waals surface area contributed by atoms with Crippen molar-refractivity contribution in [2.75, 3.05) is 32.4 Å². The summed E-state index contributed by atoms with van der Waals surface area (Å²) >= 11 is 4.40. The van der Waals surface area contributed by atoms with Crippen LogP contribution in [-0.4, -0.2) is 61.2 Å². The highest BCUT2D eigenvalue weighted by Gasteiger charge is 2.28. The molecule has 0 bridgehead atoms. The van der Waals surface area contributed by atoms with Gasteiger partial charge in [-0.25, -0.2) is 8.42 Å². The molecule has 1 saturated heterocycles. The smallest absolute Gasteiger partial charge is 0.235 e. The predicted octanol–water partition coefficient (Wildman–Crippen LogP) is 0.631. The van der Waals surface area contributed by atoms with E-state index in [2.05, 4.69) is 12.6 Å². The van der Waals surface area contributed by atoms with Gasteiger partial charge in [0.2, 0.25) is 15.9 Å². The highest BCUT2D eigenvalue weighted by molar-refractivity contribution is 7.88. The van der Waals surface area contributed by atoms with Crippen molar-refractivity contribution in [3.8, 4) is 0 Å². The fourth-order valence-electron chi connectivity index (χ4n) is 2.38. The van der Waals surface area contributed by atoms with Crippen LogP contribution < -0.4 is 0 Å². The van der Waals surface area contributed by atoms with Crippen LogP contribution in [0.1, 0.15) is 5.56 Å². The summed E-state index contributed by atoms with van der Waals surface area (Å²) in [4.78, 5) is 14.0. The number of hydrogen-bond donors (Lipinski definition) is 1. The van der Waals surface area contributed by atoms with E-state index < -0.39 is 15.3 Å². The molecule has 1 unspecified atom stereocenters. The fraction of sp³-hybridized carbons (Fsp3) is 0.500. The molecule has 1 atom stereocenters. The molecule has 0 N–H and O–H groups in total. The van der Waals surface area contributed by atoms with Crippen molar-refractivity contribution in [3.05, 3.63) is 35.9 Å². The molecule has 1 aromatic rings. The van der Waals surface area contributed by atoms with Crippen LogP contribution in [0.15, 0.2) is 30.3 Å². The summed E-state index contributed by atoms with van der Waals surface area (Å²) < 4.78 is 24.3. The minimum atomic E-state index is -3.17. The first-order chi connectivity index (χ1) is 9.88. The zero-order valence-electron chi connectivity index (χ0n) is 12.0. The van der Waals surface area contributed by atoms with Crippen molar-refractivity contribution in [1.29, 1.82) is 0 Å². The average Bonchev–Trinajstić information content (AvgIpc) is 2.46. The number of thiol groups is 1. The molecule has 0 aliphatic carbocycles. The predicted molar refractivity (Wildman–Crippen MR) is 85.9 cm³/mol. The van der Waals surface area contributed by atoms with Gasteiger partial charge in [0, 0.05) is 26.2 Å². The van der Waals surface area contributed by atoms with Crippen molar-refractivity contribution in [2.24, 2.45) is 0 Å². The third-order valence-corrected chi connectivity index (χ3v) is 5.28. The van der Waals surface area contributed by atoms with Gasteiger partial charge >= 0.3 is 0 Å². The number of sulfonamides is 1. The topological polar surface area (TPSA) is 57.7 Å². The maximum Gasteiger partial charge on any atom is 0.235 e. The zero-order valence-corrected chi connectivity index (χ0v) is 13.7. The van der Waals surface area contributed by atoms with E-state index in [-0.39, 0.29) is 5.91 Å². The van der Waals surface area contributed by atoms with E-state index in [1.165, 1.54) is 10.6 Å². The monoisotopic (exact) mass is 328 g/mol. The lowest BCUT2D eigenvalue weighted by Crippen LogP contribution is -2.52. The second kappa shape index (κ2) is 6.81. The molecule has 1 heterocycles. The van der Waals surface area contributed by atoms with Crippen LogP contribution in [0.3, 0.4) is 0 Å². The van der Waals surface area contributed by atoms with Crippen molar-refractivity contribution >= 4 is 28.6 Å². The van der Waals surface area contributed by atoms with Crippen molar-refractivity contribution < 1.29 is 13.2 Å². The average molecular weight is 328 g/mol. The Morgan fingerprint density at radius 3 is 2.29 bits per heavy atom. The van der Waals surface area contributed by atoms with Gasteiger partial charge in [-0.15, -0.1) is 0 Å². The van der Waals surface area contributed by atoms with E-state index in [4.69, 9.17) is 0 Å². The summed E-state index contributed by atoms with van der Waals surface area (Å²) in [5.41, 5.74) is 1.07.